The fourth-order valence-electron chi connectivity index (χ4n) is 1.87. The minimum absolute atomic E-state index is 0.673. The Kier molecular flexibility index (Phi) is 4.09. The molecule has 3 aromatic rings. The first kappa shape index (κ1) is 14.0. The molecule has 0 aliphatic rings. The predicted octanol–water partition coefficient (Wildman–Crippen LogP) is 4.63. The molecule has 0 bridgehead atoms. The molecule has 3 rings (SSSR count). The van der Waals surface area contributed by atoms with E-state index in [0.29, 0.717) is 6.54 Å². The average Bonchev–Trinajstić information content (AvgIpc) is 2.82. The van der Waals surface area contributed by atoms with Crippen molar-refractivity contribution in [3.05, 3.63) is 56.0 Å². The van der Waals surface area contributed by atoms with Crippen molar-refractivity contribution < 1.29 is 0 Å². The Morgan fingerprint density at radius 1 is 1.10 bits per heavy atom. The van der Waals surface area contributed by atoms with E-state index in [1.165, 1.54) is 0 Å². The van der Waals surface area contributed by atoms with Crippen LogP contribution >= 0.6 is 47.8 Å². The maximum Gasteiger partial charge on any atom is 0.155 e. The van der Waals surface area contributed by atoms with E-state index in [9.17, 15) is 0 Å². The Bertz CT molecular complexity index is 769. The van der Waals surface area contributed by atoms with E-state index in [4.69, 9.17) is 0 Å². The fraction of sp³-hybridized carbons (Fsp3) is 0.0769. The van der Waals surface area contributed by atoms with E-state index in [-0.39, 0.29) is 0 Å². The molecule has 7 heteroatoms. The quantitative estimate of drug-likeness (QED) is 0.619. The van der Waals surface area contributed by atoms with Crippen molar-refractivity contribution in [3.63, 3.8) is 0 Å². The Morgan fingerprint density at radius 2 is 1.95 bits per heavy atom. The van der Waals surface area contributed by atoms with Crippen LogP contribution in [0.5, 0.6) is 0 Å². The third-order valence-corrected chi connectivity index (χ3v) is 4.42. The first-order valence-corrected chi connectivity index (χ1v) is 8.18. The number of nitrogens with one attached hydrogen (secondary N) is 1. The summed E-state index contributed by atoms with van der Waals surface area (Å²) in [7, 11) is 0. The zero-order chi connectivity index (χ0) is 14.1. The molecule has 0 aliphatic carbocycles. The van der Waals surface area contributed by atoms with Crippen LogP contribution in [-0.2, 0) is 6.54 Å². The third kappa shape index (κ3) is 2.89. The van der Waals surface area contributed by atoms with E-state index >= 15 is 0 Å². The number of rotatable bonds is 3. The number of imidazole rings is 1. The van der Waals surface area contributed by atoms with Crippen molar-refractivity contribution in [2.45, 2.75) is 6.54 Å². The molecule has 1 N–H and O–H groups in total. The van der Waals surface area contributed by atoms with Gasteiger partial charge >= 0.3 is 0 Å². The number of halogens is 3. The van der Waals surface area contributed by atoms with Gasteiger partial charge in [0.25, 0.3) is 0 Å². The summed E-state index contributed by atoms with van der Waals surface area (Å²) in [5, 5.41) is 3.39. The van der Waals surface area contributed by atoms with Crippen LogP contribution in [0.2, 0.25) is 0 Å². The zero-order valence-electron chi connectivity index (χ0n) is 10.1. The summed E-state index contributed by atoms with van der Waals surface area (Å²) < 4.78 is 4.86. The summed E-state index contributed by atoms with van der Waals surface area (Å²) in [6.07, 6.45) is 5.50. The van der Waals surface area contributed by atoms with E-state index in [0.717, 1.165) is 30.6 Å². The largest absolute Gasteiger partial charge is 0.378 e. The summed E-state index contributed by atoms with van der Waals surface area (Å²) in [6, 6.07) is 6.03. The second-order valence-electron chi connectivity index (χ2n) is 4.17. The molecular formula is C13H9Br3N4. The predicted molar refractivity (Wildman–Crippen MR) is 89.9 cm³/mol. The van der Waals surface area contributed by atoms with Crippen LogP contribution in [0, 0.1) is 0 Å². The normalized spacial score (nSPS) is 10.9. The monoisotopic (exact) mass is 458 g/mol. The number of hydrogen-bond donors (Lipinski definition) is 1. The molecule has 0 unspecified atom stereocenters. The van der Waals surface area contributed by atoms with Gasteiger partial charge in [0.15, 0.2) is 5.65 Å². The Morgan fingerprint density at radius 3 is 2.80 bits per heavy atom. The zero-order valence-corrected chi connectivity index (χ0v) is 14.9. The lowest BCUT2D eigenvalue weighted by Gasteiger charge is -2.09. The molecule has 0 aliphatic heterocycles. The summed E-state index contributed by atoms with van der Waals surface area (Å²) >= 11 is 10.4. The van der Waals surface area contributed by atoms with Crippen LogP contribution in [0.1, 0.15) is 5.69 Å². The summed E-state index contributed by atoms with van der Waals surface area (Å²) in [5.74, 6) is 0. The molecule has 0 saturated heterocycles. The molecule has 102 valence electrons. The minimum Gasteiger partial charge on any atom is -0.378 e. The highest BCUT2D eigenvalue weighted by Gasteiger charge is 2.06. The van der Waals surface area contributed by atoms with Crippen molar-refractivity contribution >= 4 is 59.1 Å². The van der Waals surface area contributed by atoms with Crippen LogP contribution < -0.4 is 5.32 Å². The van der Waals surface area contributed by atoms with Crippen LogP contribution in [0.3, 0.4) is 0 Å². The summed E-state index contributed by atoms with van der Waals surface area (Å²) in [6.45, 7) is 0.673. The van der Waals surface area contributed by atoms with Crippen LogP contribution in [0.4, 0.5) is 5.69 Å². The number of anilines is 1. The SMILES string of the molecule is Brc1ccc(Br)c(NCc2cnc3cnc(Br)cn23)c1. The van der Waals surface area contributed by atoms with Crippen LogP contribution in [0.25, 0.3) is 5.65 Å². The van der Waals surface area contributed by atoms with Gasteiger partial charge in [-0.05, 0) is 50.1 Å². The Hall–Kier alpha value is -0.920. The third-order valence-electron chi connectivity index (χ3n) is 2.83. The first-order valence-electron chi connectivity index (χ1n) is 5.80. The van der Waals surface area contributed by atoms with Crippen molar-refractivity contribution in [3.8, 4) is 0 Å². The van der Waals surface area contributed by atoms with Crippen LogP contribution in [-0.4, -0.2) is 14.4 Å². The van der Waals surface area contributed by atoms with Gasteiger partial charge in [-0.2, -0.15) is 0 Å². The second-order valence-corrected chi connectivity index (χ2v) is 6.75. The van der Waals surface area contributed by atoms with E-state index in [2.05, 4.69) is 63.1 Å². The van der Waals surface area contributed by atoms with Crippen molar-refractivity contribution in [1.82, 2.24) is 14.4 Å². The maximum atomic E-state index is 4.33. The fourth-order valence-corrected chi connectivity index (χ4v) is 2.92. The van der Waals surface area contributed by atoms with Gasteiger partial charge < -0.3 is 5.32 Å². The highest BCUT2D eigenvalue weighted by Crippen LogP contribution is 2.26. The lowest BCUT2D eigenvalue weighted by Crippen LogP contribution is -2.03. The number of fused-ring (bicyclic) bond motifs is 1. The van der Waals surface area contributed by atoms with Gasteiger partial charge in [0.1, 0.15) is 4.60 Å². The first-order chi connectivity index (χ1) is 9.63. The van der Waals surface area contributed by atoms with E-state index < -0.39 is 0 Å². The molecule has 0 spiro atoms. The molecule has 20 heavy (non-hydrogen) atoms. The molecule has 0 fully saturated rings. The smallest absolute Gasteiger partial charge is 0.155 e. The van der Waals surface area contributed by atoms with Gasteiger partial charge in [0.2, 0.25) is 0 Å². The van der Waals surface area contributed by atoms with Gasteiger partial charge in [0.05, 0.1) is 24.6 Å². The minimum atomic E-state index is 0.673. The lowest BCUT2D eigenvalue weighted by molar-refractivity contribution is 0.982. The maximum absolute atomic E-state index is 4.33. The van der Waals surface area contributed by atoms with Crippen molar-refractivity contribution in [1.29, 1.82) is 0 Å². The Balaban J connectivity index is 1.86. The standard InChI is InChI=1S/C13H9Br3N4/c14-8-1-2-10(15)11(3-8)17-4-9-5-19-13-6-18-12(16)7-20(9)13/h1-3,5-7,17H,4H2. The van der Waals surface area contributed by atoms with Gasteiger partial charge in [-0.25, -0.2) is 9.97 Å². The molecule has 0 amide bonds. The highest BCUT2D eigenvalue weighted by molar-refractivity contribution is 9.11. The van der Waals surface area contributed by atoms with Crippen molar-refractivity contribution in [2.75, 3.05) is 5.32 Å². The van der Waals surface area contributed by atoms with E-state index in [1.807, 2.05) is 35.0 Å². The van der Waals surface area contributed by atoms with E-state index in [1.54, 1.807) is 6.20 Å². The second kappa shape index (κ2) is 5.83. The highest BCUT2D eigenvalue weighted by atomic mass is 79.9. The van der Waals surface area contributed by atoms with Gasteiger partial charge in [-0.1, -0.05) is 15.9 Å². The average molecular weight is 461 g/mol. The number of aromatic nitrogens is 3. The molecule has 2 aromatic heterocycles. The number of benzene rings is 1. The molecule has 1 aromatic carbocycles. The molecular weight excluding hydrogens is 452 g/mol. The Labute approximate surface area is 141 Å². The lowest BCUT2D eigenvalue weighted by atomic mass is 10.3. The molecule has 0 saturated carbocycles. The van der Waals surface area contributed by atoms with Crippen molar-refractivity contribution in [2.24, 2.45) is 0 Å². The molecule has 0 atom stereocenters. The molecule has 0 radical (unpaired) electrons. The van der Waals surface area contributed by atoms with Gasteiger partial charge in [-0.3, -0.25) is 4.40 Å². The topological polar surface area (TPSA) is 42.2 Å². The summed E-state index contributed by atoms with van der Waals surface area (Å²) in [4.78, 5) is 8.49. The molecule has 4 nitrogen and oxygen atoms in total. The number of nitrogens with zero attached hydrogens (tertiary/aromatic N) is 3. The molecule has 2 heterocycles. The van der Waals surface area contributed by atoms with Gasteiger partial charge in [-0.15, -0.1) is 0 Å². The van der Waals surface area contributed by atoms with Crippen LogP contribution in [0.15, 0.2) is 50.3 Å². The van der Waals surface area contributed by atoms with Gasteiger partial charge in [0, 0.05) is 20.8 Å². The summed E-state index contributed by atoms with van der Waals surface area (Å²) in [5.41, 5.74) is 2.93. The number of hydrogen-bond acceptors (Lipinski definition) is 3.